The maximum atomic E-state index is 12.1. The molecule has 0 atom stereocenters. The molecular formula is C20H20N2O3S. The van der Waals surface area contributed by atoms with Crippen LogP contribution >= 0.6 is 12.2 Å². The quantitative estimate of drug-likeness (QED) is 0.626. The monoisotopic (exact) mass is 368 g/mol. The van der Waals surface area contributed by atoms with Crippen molar-refractivity contribution in [3.05, 3.63) is 65.4 Å². The van der Waals surface area contributed by atoms with Crippen molar-refractivity contribution in [2.24, 2.45) is 0 Å². The van der Waals surface area contributed by atoms with Crippen LogP contribution < -0.4 is 14.8 Å². The maximum absolute atomic E-state index is 12.1. The fraction of sp³-hybridized carbons (Fsp3) is 0.200. The number of benzene rings is 2. The summed E-state index contributed by atoms with van der Waals surface area (Å²) in [5.74, 6) is 1.15. The summed E-state index contributed by atoms with van der Waals surface area (Å²) in [6, 6.07) is 15.5. The molecule has 2 aromatic rings. The van der Waals surface area contributed by atoms with Crippen molar-refractivity contribution >= 4 is 29.3 Å². The molecule has 0 unspecified atom stereocenters. The Morgan fingerprint density at radius 1 is 1.12 bits per heavy atom. The molecule has 0 aromatic heterocycles. The van der Waals surface area contributed by atoms with Gasteiger partial charge in [-0.1, -0.05) is 36.4 Å². The Bertz CT molecular complexity index is 849. The maximum Gasteiger partial charge on any atom is 0.276 e. The minimum Gasteiger partial charge on any atom is -0.490 e. The summed E-state index contributed by atoms with van der Waals surface area (Å²) in [5.41, 5.74) is 2.35. The van der Waals surface area contributed by atoms with Gasteiger partial charge in [-0.3, -0.25) is 9.69 Å². The molecule has 1 amide bonds. The number of carbonyl (C=O) groups is 1. The minimum atomic E-state index is -0.155. The van der Waals surface area contributed by atoms with Crippen molar-refractivity contribution in [1.29, 1.82) is 0 Å². The average Bonchev–Trinajstić information content (AvgIpc) is 2.89. The third kappa shape index (κ3) is 4.03. The van der Waals surface area contributed by atoms with Crippen LogP contribution in [0.4, 0.5) is 0 Å². The lowest BCUT2D eigenvalue weighted by atomic mass is 10.1. The molecule has 1 fully saturated rings. The number of carbonyl (C=O) groups excluding carboxylic acids is 1. The first-order valence-corrected chi connectivity index (χ1v) is 8.73. The summed E-state index contributed by atoms with van der Waals surface area (Å²) < 4.78 is 11.6. The third-order valence-electron chi connectivity index (χ3n) is 3.90. The van der Waals surface area contributed by atoms with Gasteiger partial charge >= 0.3 is 0 Å². The summed E-state index contributed by atoms with van der Waals surface area (Å²) in [7, 11) is 1.64. The topological polar surface area (TPSA) is 50.8 Å². The van der Waals surface area contributed by atoms with E-state index in [2.05, 4.69) is 5.32 Å². The van der Waals surface area contributed by atoms with E-state index in [-0.39, 0.29) is 5.91 Å². The predicted octanol–water partition coefficient (Wildman–Crippen LogP) is 3.35. The number of amides is 1. The van der Waals surface area contributed by atoms with Crippen LogP contribution in [0.2, 0.25) is 0 Å². The molecule has 0 radical (unpaired) electrons. The largest absolute Gasteiger partial charge is 0.490 e. The Hall–Kier alpha value is -2.86. The second-order valence-corrected chi connectivity index (χ2v) is 6.15. The predicted molar refractivity (Wildman–Crippen MR) is 105 cm³/mol. The molecule has 2 aromatic carbocycles. The Balaban J connectivity index is 1.80. The normalized spacial score (nSPS) is 15.3. The van der Waals surface area contributed by atoms with Gasteiger partial charge in [-0.05, 0) is 48.5 Å². The number of nitrogens with zero attached hydrogens (tertiary/aromatic N) is 1. The molecule has 5 nitrogen and oxygen atoms in total. The van der Waals surface area contributed by atoms with Crippen LogP contribution in [0.15, 0.2) is 54.2 Å². The van der Waals surface area contributed by atoms with Crippen molar-refractivity contribution in [2.45, 2.75) is 13.5 Å². The molecule has 1 aliphatic rings. The molecule has 0 saturated carbocycles. The molecule has 1 N–H and O–H groups in total. The van der Waals surface area contributed by atoms with Crippen LogP contribution in [-0.2, 0) is 11.4 Å². The molecule has 1 heterocycles. The number of hydrogen-bond acceptors (Lipinski definition) is 4. The fourth-order valence-electron chi connectivity index (χ4n) is 2.53. The molecule has 3 rings (SSSR count). The minimum absolute atomic E-state index is 0.155. The van der Waals surface area contributed by atoms with Crippen molar-refractivity contribution in [2.75, 3.05) is 13.7 Å². The van der Waals surface area contributed by atoms with Gasteiger partial charge in [-0.2, -0.15) is 0 Å². The van der Waals surface area contributed by atoms with E-state index in [0.29, 0.717) is 35.5 Å². The summed E-state index contributed by atoms with van der Waals surface area (Å²) in [6.45, 7) is 2.90. The number of rotatable bonds is 6. The van der Waals surface area contributed by atoms with Crippen molar-refractivity contribution < 1.29 is 14.3 Å². The van der Waals surface area contributed by atoms with E-state index < -0.39 is 0 Å². The molecule has 0 aliphatic carbocycles. The molecule has 0 spiro atoms. The molecule has 1 saturated heterocycles. The highest BCUT2D eigenvalue weighted by Crippen LogP contribution is 2.30. The van der Waals surface area contributed by atoms with Gasteiger partial charge in [0.2, 0.25) is 0 Å². The molecule has 1 aliphatic heterocycles. The Labute approximate surface area is 158 Å². The highest BCUT2D eigenvalue weighted by atomic mass is 32.1. The summed E-state index contributed by atoms with van der Waals surface area (Å²) in [4.78, 5) is 13.5. The Morgan fingerprint density at radius 3 is 2.54 bits per heavy atom. The van der Waals surface area contributed by atoms with E-state index >= 15 is 0 Å². The van der Waals surface area contributed by atoms with Crippen LogP contribution in [0.25, 0.3) is 6.08 Å². The first-order chi connectivity index (χ1) is 12.6. The highest BCUT2D eigenvalue weighted by Gasteiger charge is 2.26. The first kappa shape index (κ1) is 17.9. The molecular weight excluding hydrogens is 348 g/mol. The third-order valence-corrected chi connectivity index (χ3v) is 4.27. The van der Waals surface area contributed by atoms with E-state index in [1.54, 1.807) is 13.1 Å². The van der Waals surface area contributed by atoms with Gasteiger partial charge in [-0.25, -0.2) is 0 Å². The van der Waals surface area contributed by atoms with Crippen molar-refractivity contribution in [1.82, 2.24) is 10.2 Å². The second-order valence-electron chi connectivity index (χ2n) is 5.77. The van der Waals surface area contributed by atoms with Gasteiger partial charge in [0, 0.05) is 7.05 Å². The molecule has 26 heavy (non-hydrogen) atoms. The second kappa shape index (κ2) is 8.01. The lowest BCUT2D eigenvalue weighted by Gasteiger charge is -2.13. The lowest BCUT2D eigenvalue weighted by Crippen LogP contribution is -2.25. The summed E-state index contributed by atoms with van der Waals surface area (Å²) in [5, 5.41) is 3.31. The van der Waals surface area contributed by atoms with Crippen molar-refractivity contribution in [3.63, 3.8) is 0 Å². The highest BCUT2D eigenvalue weighted by molar-refractivity contribution is 7.80. The zero-order valence-electron chi connectivity index (χ0n) is 14.7. The lowest BCUT2D eigenvalue weighted by molar-refractivity contribution is -0.121. The zero-order chi connectivity index (χ0) is 18.5. The smallest absolute Gasteiger partial charge is 0.276 e. The van der Waals surface area contributed by atoms with Gasteiger partial charge in [0.1, 0.15) is 12.3 Å². The average molecular weight is 368 g/mol. The van der Waals surface area contributed by atoms with E-state index in [1.807, 2.05) is 55.5 Å². The van der Waals surface area contributed by atoms with Gasteiger partial charge in [-0.15, -0.1) is 0 Å². The number of thiocarbonyl (C=S) groups is 1. The Kier molecular flexibility index (Phi) is 5.53. The van der Waals surface area contributed by atoms with Crippen LogP contribution in [0.1, 0.15) is 18.1 Å². The number of hydrogen-bond donors (Lipinski definition) is 1. The van der Waals surface area contributed by atoms with Gasteiger partial charge in [0.05, 0.1) is 6.61 Å². The van der Waals surface area contributed by atoms with E-state index in [9.17, 15) is 4.79 Å². The SMILES string of the molecule is CCOc1cc(/C=C2/NC(=S)N(C)C2=O)ccc1OCc1ccccc1. The van der Waals surface area contributed by atoms with E-state index in [4.69, 9.17) is 21.7 Å². The molecule has 6 heteroatoms. The van der Waals surface area contributed by atoms with E-state index in [0.717, 1.165) is 11.1 Å². The van der Waals surface area contributed by atoms with Crippen LogP contribution in [-0.4, -0.2) is 29.6 Å². The Morgan fingerprint density at radius 2 is 1.88 bits per heavy atom. The van der Waals surface area contributed by atoms with Crippen LogP contribution in [0.3, 0.4) is 0 Å². The van der Waals surface area contributed by atoms with Gasteiger partial charge in [0.15, 0.2) is 16.6 Å². The summed E-state index contributed by atoms with van der Waals surface area (Å²) >= 11 is 5.09. The number of nitrogens with one attached hydrogen (secondary N) is 1. The number of likely N-dealkylation sites (N-methyl/N-ethyl adjacent to an activating group) is 1. The fourth-order valence-corrected chi connectivity index (χ4v) is 2.72. The van der Waals surface area contributed by atoms with E-state index in [1.165, 1.54) is 4.90 Å². The van der Waals surface area contributed by atoms with Gasteiger partial charge < -0.3 is 14.8 Å². The van der Waals surface area contributed by atoms with Gasteiger partial charge in [0.25, 0.3) is 5.91 Å². The standard InChI is InChI=1S/C20H20N2O3S/c1-3-24-18-12-15(11-16-19(23)22(2)20(26)21-16)9-10-17(18)25-13-14-7-5-4-6-8-14/h4-12H,3,13H2,1-2H3,(H,21,26)/b16-11+. The number of ether oxygens (including phenoxy) is 2. The summed E-state index contributed by atoms with van der Waals surface area (Å²) in [6.07, 6.45) is 1.75. The van der Waals surface area contributed by atoms with Crippen LogP contribution in [0.5, 0.6) is 11.5 Å². The van der Waals surface area contributed by atoms with Crippen LogP contribution in [0, 0.1) is 0 Å². The molecule has 134 valence electrons. The first-order valence-electron chi connectivity index (χ1n) is 8.33. The van der Waals surface area contributed by atoms with Crippen molar-refractivity contribution in [3.8, 4) is 11.5 Å². The zero-order valence-corrected chi connectivity index (χ0v) is 15.5. The molecule has 0 bridgehead atoms.